The van der Waals surface area contributed by atoms with Gasteiger partial charge in [-0.1, -0.05) is 24.3 Å². The SMILES string of the molecule is O=C(O)Cc1ccc(OCCCOc2cccc(CC3(C(=O)O)CCCO3)c2)cc1. The van der Waals surface area contributed by atoms with Crippen molar-refractivity contribution in [2.75, 3.05) is 19.8 Å². The Bertz CT molecular complexity index is 854. The molecule has 0 saturated carbocycles. The number of carbonyl (C=O) groups is 2. The predicted octanol–water partition coefficient (Wildman–Crippen LogP) is 3.34. The minimum atomic E-state index is -1.13. The van der Waals surface area contributed by atoms with Gasteiger partial charge in [-0.2, -0.15) is 0 Å². The maximum Gasteiger partial charge on any atom is 0.336 e. The molecule has 1 unspecified atom stereocenters. The monoisotopic (exact) mass is 414 g/mol. The Kier molecular flexibility index (Phi) is 7.30. The minimum absolute atomic E-state index is 0.00705. The number of rotatable bonds is 11. The molecular weight excluding hydrogens is 388 g/mol. The lowest BCUT2D eigenvalue weighted by Gasteiger charge is -2.23. The average molecular weight is 414 g/mol. The fraction of sp³-hybridized carbons (Fsp3) is 0.391. The van der Waals surface area contributed by atoms with Gasteiger partial charge in [0.1, 0.15) is 11.5 Å². The van der Waals surface area contributed by atoms with Crippen molar-refractivity contribution in [3.63, 3.8) is 0 Å². The average Bonchev–Trinajstić information content (AvgIpc) is 3.19. The number of ether oxygens (including phenoxy) is 3. The molecule has 7 nitrogen and oxygen atoms in total. The molecule has 1 saturated heterocycles. The Morgan fingerprint density at radius 2 is 1.70 bits per heavy atom. The van der Waals surface area contributed by atoms with Crippen LogP contribution in [-0.2, 0) is 27.2 Å². The van der Waals surface area contributed by atoms with E-state index in [0.29, 0.717) is 50.6 Å². The van der Waals surface area contributed by atoms with E-state index in [4.69, 9.17) is 19.3 Å². The summed E-state index contributed by atoms with van der Waals surface area (Å²) in [6, 6.07) is 14.4. The Hall–Kier alpha value is -3.06. The van der Waals surface area contributed by atoms with Gasteiger partial charge in [0.05, 0.1) is 19.6 Å². The molecule has 2 N–H and O–H groups in total. The van der Waals surface area contributed by atoms with E-state index in [-0.39, 0.29) is 6.42 Å². The van der Waals surface area contributed by atoms with Gasteiger partial charge in [-0.3, -0.25) is 4.79 Å². The molecule has 0 amide bonds. The summed E-state index contributed by atoms with van der Waals surface area (Å²) in [5.41, 5.74) is 0.465. The highest BCUT2D eigenvalue weighted by Crippen LogP contribution is 2.31. The highest BCUT2D eigenvalue weighted by molar-refractivity contribution is 5.78. The first-order valence-corrected chi connectivity index (χ1v) is 9.99. The minimum Gasteiger partial charge on any atom is -0.493 e. The third-order valence-corrected chi connectivity index (χ3v) is 4.99. The molecule has 1 fully saturated rings. The van der Waals surface area contributed by atoms with Crippen LogP contribution in [0.25, 0.3) is 0 Å². The van der Waals surface area contributed by atoms with Crippen molar-refractivity contribution in [3.8, 4) is 11.5 Å². The van der Waals surface area contributed by atoms with Crippen molar-refractivity contribution in [2.24, 2.45) is 0 Å². The highest BCUT2D eigenvalue weighted by Gasteiger charge is 2.42. The number of benzene rings is 2. The maximum absolute atomic E-state index is 11.6. The van der Waals surface area contributed by atoms with Crippen molar-refractivity contribution in [2.45, 2.75) is 37.7 Å². The Morgan fingerprint density at radius 3 is 2.33 bits per heavy atom. The Balaban J connectivity index is 1.42. The molecule has 2 aromatic rings. The van der Waals surface area contributed by atoms with Crippen molar-refractivity contribution in [1.82, 2.24) is 0 Å². The first-order chi connectivity index (χ1) is 14.5. The quantitative estimate of drug-likeness (QED) is 0.544. The van der Waals surface area contributed by atoms with Gasteiger partial charge < -0.3 is 24.4 Å². The fourth-order valence-corrected chi connectivity index (χ4v) is 3.47. The van der Waals surface area contributed by atoms with E-state index in [0.717, 1.165) is 17.5 Å². The van der Waals surface area contributed by atoms with Crippen LogP contribution in [0.1, 0.15) is 30.4 Å². The van der Waals surface area contributed by atoms with Crippen LogP contribution < -0.4 is 9.47 Å². The molecule has 0 radical (unpaired) electrons. The summed E-state index contributed by atoms with van der Waals surface area (Å²) < 4.78 is 17.0. The molecule has 1 heterocycles. The molecule has 2 aromatic carbocycles. The molecule has 7 heteroatoms. The molecule has 160 valence electrons. The smallest absolute Gasteiger partial charge is 0.336 e. The maximum atomic E-state index is 11.6. The topological polar surface area (TPSA) is 102 Å². The van der Waals surface area contributed by atoms with Gasteiger partial charge in [0.25, 0.3) is 0 Å². The van der Waals surface area contributed by atoms with Gasteiger partial charge in [-0.15, -0.1) is 0 Å². The number of carboxylic acid groups (broad SMARTS) is 2. The molecule has 1 atom stereocenters. The van der Waals surface area contributed by atoms with E-state index < -0.39 is 17.5 Å². The first kappa shape index (κ1) is 21.6. The first-order valence-electron chi connectivity index (χ1n) is 9.99. The standard InChI is InChI=1S/C23H26O7/c24-21(25)15-17-6-8-19(9-7-17)28-11-3-12-29-20-5-1-4-18(14-20)16-23(22(26)27)10-2-13-30-23/h1,4-9,14H,2-3,10-13,15-16H2,(H,24,25)(H,26,27). The molecule has 30 heavy (non-hydrogen) atoms. The molecular formula is C23H26O7. The lowest BCUT2D eigenvalue weighted by Crippen LogP contribution is -2.40. The second-order valence-electron chi connectivity index (χ2n) is 7.34. The van der Waals surface area contributed by atoms with Gasteiger partial charge in [-0.25, -0.2) is 4.79 Å². The van der Waals surface area contributed by atoms with Gasteiger partial charge >= 0.3 is 11.9 Å². The molecule has 0 aromatic heterocycles. The highest BCUT2D eigenvalue weighted by atomic mass is 16.5. The van der Waals surface area contributed by atoms with Crippen molar-refractivity contribution >= 4 is 11.9 Å². The summed E-state index contributed by atoms with van der Waals surface area (Å²) in [7, 11) is 0. The molecule has 1 aliphatic heterocycles. The zero-order valence-electron chi connectivity index (χ0n) is 16.7. The second kappa shape index (κ2) is 10.1. The molecule has 0 spiro atoms. The fourth-order valence-electron chi connectivity index (χ4n) is 3.47. The number of carboxylic acids is 2. The summed E-state index contributed by atoms with van der Waals surface area (Å²) in [6.07, 6.45) is 2.25. The van der Waals surface area contributed by atoms with Crippen LogP contribution in [-0.4, -0.2) is 47.6 Å². The van der Waals surface area contributed by atoms with E-state index >= 15 is 0 Å². The van der Waals surface area contributed by atoms with E-state index in [1.165, 1.54) is 0 Å². The largest absolute Gasteiger partial charge is 0.493 e. The molecule has 0 bridgehead atoms. The zero-order valence-corrected chi connectivity index (χ0v) is 16.7. The van der Waals surface area contributed by atoms with Crippen molar-refractivity contribution < 1.29 is 34.0 Å². The molecule has 1 aliphatic rings. The summed E-state index contributed by atoms with van der Waals surface area (Å²) >= 11 is 0. The van der Waals surface area contributed by atoms with Crippen LogP contribution in [0, 0.1) is 0 Å². The second-order valence-corrected chi connectivity index (χ2v) is 7.34. The number of hydrogen-bond donors (Lipinski definition) is 2. The third kappa shape index (κ3) is 5.97. The van der Waals surface area contributed by atoms with Gasteiger partial charge in [0, 0.05) is 19.4 Å². The number of hydrogen-bond acceptors (Lipinski definition) is 5. The van der Waals surface area contributed by atoms with Crippen LogP contribution in [0.3, 0.4) is 0 Å². The van der Waals surface area contributed by atoms with E-state index in [1.54, 1.807) is 24.3 Å². The van der Waals surface area contributed by atoms with Gasteiger partial charge in [0.2, 0.25) is 0 Å². The van der Waals surface area contributed by atoms with Crippen molar-refractivity contribution in [3.05, 3.63) is 59.7 Å². The summed E-state index contributed by atoms with van der Waals surface area (Å²) in [5.74, 6) is -0.413. The lowest BCUT2D eigenvalue weighted by molar-refractivity contribution is -0.159. The van der Waals surface area contributed by atoms with Crippen LogP contribution in [0.5, 0.6) is 11.5 Å². The van der Waals surface area contributed by atoms with Crippen LogP contribution in [0.4, 0.5) is 0 Å². The predicted molar refractivity (Wildman–Crippen MR) is 109 cm³/mol. The summed E-state index contributed by atoms with van der Waals surface area (Å²) in [4.78, 5) is 22.3. The van der Waals surface area contributed by atoms with Crippen LogP contribution in [0.2, 0.25) is 0 Å². The van der Waals surface area contributed by atoms with Gasteiger partial charge in [-0.05, 0) is 48.2 Å². The normalized spacial score (nSPS) is 18.1. The summed E-state index contributed by atoms with van der Waals surface area (Å²) in [5, 5.41) is 18.3. The third-order valence-electron chi connectivity index (χ3n) is 4.99. The lowest BCUT2D eigenvalue weighted by atomic mass is 9.91. The van der Waals surface area contributed by atoms with Crippen molar-refractivity contribution in [1.29, 1.82) is 0 Å². The van der Waals surface area contributed by atoms with Gasteiger partial charge in [0.15, 0.2) is 5.60 Å². The zero-order chi connectivity index (χ0) is 21.4. The van der Waals surface area contributed by atoms with Crippen LogP contribution in [0.15, 0.2) is 48.5 Å². The number of aliphatic carboxylic acids is 2. The van der Waals surface area contributed by atoms with E-state index in [1.807, 2.05) is 24.3 Å². The molecule has 0 aliphatic carbocycles. The van der Waals surface area contributed by atoms with E-state index in [2.05, 4.69) is 0 Å². The summed E-state index contributed by atoms with van der Waals surface area (Å²) in [6.45, 7) is 1.40. The van der Waals surface area contributed by atoms with E-state index in [9.17, 15) is 14.7 Å². The van der Waals surface area contributed by atoms with Crippen LogP contribution >= 0.6 is 0 Å². The Labute approximate surface area is 175 Å². The molecule has 3 rings (SSSR count). The Morgan fingerprint density at radius 1 is 0.967 bits per heavy atom.